The molecule has 0 bridgehead atoms. The standard InChI is InChI=1S/C13H25N7O2.Zn/c1-21-12-17-11(18-13(19-12)22-2)20-9-7-15-5-3-14-4-6-16-8-10-20;/h14-16H,3-10H2,1-2H3;. The van der Waals surface area contributed by atoms with Crippen molar-refractivity contribution < 1.29 is 29.0 Å². The average Bonchev–Trinajstić information content (AvgIpc) is 2.55. The van der Waals surface area contributed by atoms with Crippen LogP contribution >= 0.6 is 0 Å². The number of anilines is 1. The molecule has 0 aliphatic carbocycles. The summed E-state index contributed by atoms with van der Waals surface area (Å²) in [4.78, 5) is 14.8. The van der Waals surface area contributed by atoms with Crippen molar-refractivity contribution in [2.75, 3.05) is 71.5 Å². The molecule has 1 aromatic rings. The van der Waals surface area contributed by atoms with Crippen molar-refractivity contribution in [1.29, 1.82) is 0 Å². The fraction of sp³-hybridized carbons (Fsp3) is 0.769. The summed E-state index contributed by atoms with van der Waals surface area (Å²) in [5.74, 6) is 0.572. The fourth-order valence-corrected chi connectivity index (χ4v) is 2.12. The monoisotopic (exact) mass is 375 g/mol. The molecule has 126 valence electrons. The first-order valence-corrected chi connectivity index (χ1v) is 7.54. The number of hydrogen-bond acceptors (Lipinski definition) is 9. The zero-order valence-corrected chi connectivity index (χ0v) is 16.9. The van der Waals surface area contributed by atoms with Gasteiger partial charge in [0.05, 0.1) is 14.2 Å². The normalized spacial score (nSPS) is 17.4. The van der Waals surface area contributed by atoms with Gasteiger partial charge in [-0.15, -0.1) is 4.98 Å². The van der Waals surface area contributed by atoms with Crippen LogP contribution in [0.25, 0.3) is 0 Å². The molecule has 23 heavy (non-hydrogen) atoms. The number of aromatic nitrogens is 3. The molecule has 0 saturated carbocycles. The van der Waals surface area contributed by atoms with Gasteiger partial charge in [-0.3, -0.25) is 0 Å². The van der Waals surface area contributed by atoms with Gasteiger partial charge < -0.3 is 30.3 Å². The van der Waals surface area contributed by atoms with E-state index in [1.807, 2.05) is 0 Å². The van der Waals surface area contributed by atoms with Crippen LogP contribution in [0.15, 0.2) is 0 Å². The summed E-state index contributed by atoms with van der Waals surface area (Å²) < 4.78 is 10.2. The van der Waals surface area contributed by atoms with Crippen molar-refractivity contribution in [2.45, 2.75) is 0 Å². The molecule has 1 fully saturated rings. The first-order valence-electron chi connectivity index (χ1n) is 7.54. The van der Waals surface area contributed by atoms with E-state index in [2.05, 4.69) is 35.8 Å². The van der Waals surface area contributed by atoms with Crippen LogP contribution in [0.4, 0.5) is 5.95 Å². The molecule has 10 heteroatoms. The van der Waals surface area contributed by atoms with E-state index in [1.165, 1.54) is 14.2 Å². The van der Waals surface area contributed by atoms with Crippen LogP contribution in [0.3, 0.4) is 0 Å². The Balaban J connectivity index is 0.00000264. The second-order valence-corrected chi connectivity index (χ2v) is 4.85. The average molecular weight is 377 g/mol. The first-order chi connectivity index (χ1) is 10.8. The molecule has 0 unspecified atom stereocenters. The fourth-order valence-electron chi connectivity index (χ4n) is 2.12. The Hall–Kier alpha value is -1.09. The molecule has 0 atom stereocenters. The Labute approximate surface area is 149 Å². The van der Waals surface area contributed by atoms with Gasteiger partial charge in [0.2, 0.25) is 5.95 Å². The Morgan fingerprint density at radius 1 is 0.739 bits per heavy atom. The summed E-state index contributed by atoms with van der Waals surface area (Å²) in [6.45, 7) is 7.14. The molecule has 0 spiro atoms. The first kappa shape index (κ1) is 20.0. The SMILES string of the molecule is COc1nc(OC)nc(N2CCNCCNCCNCC2)n1.[Zn]. The molecule has 0 amide bonds. The van der Waals surface area contributed by atoms with Gasteiger partial charge in [-0.2, -0.15) is 9.97 Å². The van der Waals surface area contributed by atoms with Gasteiger partial charge in [-0.05, 0) is 0 Å². The topological polar surface area (TPSA) is 96.5 Å². The van der Waals surface area contributed by atoms with Crippen molar-refractivity contribution in [3.05, 3.63) is 0 Å². The largest absolute Gasteiger partial charge is 0.467 e. The van der Waals surface area contributed by atoms with Gasteiger partial charge in [0.1, 0.15) is 0 Å². The number of hydrogen-bond donors (Lipinski definition) is 3. The Kier molecular flexibility index (Phi) is 9.94. The second-order valence-electron chi connectivity index (χ2n) is 4.85. The quantitative estimate of drug-likeness (QED) is 0.543. The molecule has 3 N–H and O–H groups in total. The molecule has 9 nitrogen and oxygen atoms in total. The van der Waals surface area contributed by atoms with Crippen molar-refractivity contribution >= 4 is 5.95 Å². The van der Waals surface area contributed by atoms with Crippen LogP contribution < -0.4 is 30.3 Å². The molecule has 0 radical (unpaired) electrons. The van der Waals surface area contributed by atoms with E-state index < -0.39 is 0 Å². The van der Waals surface area contributed by atoms with Crippen molar-refractivity contribution in [2.24, 2.45) is 0 Å². The van der Waals surface area contributed by atoms with Crippen LogP contribution in [-0.4, -0.2) is 81.5 Å². The Morgan fingerprint density at radius 3 is 1.61 bits per heavy atom. The number of nitrogens with one attached hydrogen (secondary N) is 3. The van der Waals surface area contributed by atoms with Gasteiger partial charge in [-0.1, -0.05) is 0 Å². The zero-order chi connectivity index (χ0) is 15.6. The smallest absolute Gasteiger partial charge is 0.324 e. The predicted molar refractivity (Wildman–Crippen MR) is 83.8 cm³/mol. The maximum Gasteiger partial charge on any atom is 0.324 e. The number of nitrogens with zero attached hydrogens (tertiary/aromatic N) is 4. The van der Waals surface area contributed by atoms with Crippen LogP contribution in [0, 0.1) is 0 Å². The molecule has 0 aromatic carbocycles. The van der Waals surface area contributed by atoms with Gasteiger partial charge in [0, 0.05) is 71.8 Å². The zero-order valence-electron chi connectivity index (χ0n) is 14.0. The molecular weight excluding hydrogens is 352 g/mol. The van der Waals surface area contributed by atoms with Gasteiger partial charge in [-0.25, -0.2) is 0 Å². The van der Waals surface area contributed by atoms with E-state index in [1.54, 1.807) is 0 Å². The number of methoxy groups -OCH3 is 2. The minimum Gasteiger partial charge on any atom is -0.467 e. The predicted octanol–water partition coefficient (Wildman–Crippen LogP) is -1.52. The van der Waals surface area contributed by atoms with Gasteiger partial charge in [0.25, 0.3) is 0 Å². The van der Waals surface area contributed by atoms with E-state index in [9.17, 15) is 0 Å². The summed E-state index contributed by atoms with van der Waals surface area (Å²) in [7, 11) is 3.07. The summed E-state index contributed by atoms with van der Waals surface area (Å²) in [5, 5.41) is 10.2. The van der Waals surface area contributed by atoms with Crippen molar-refractivity contribution in [3.8, 4) is 12.0 Å². The minimum absolute atomic E-state index is 0. The third-order valence-corrected chi connectivity index (χ3v) is 3.30. The van der Waals surface area contributed by atoms with Crippen LogP contribution in [0.1, 0.15) is 0 Å². The van der Waals surface area contributed by atoms with Gasteiger partial charge in [0.15, 0.2) is 0 Å². The van der Waals surface area contributed by atoms with Crippen LogP contribution in [0.2, 0.25) is 0 Å². The van der Waals surface area contributed by atoms with E-state index in [4.69, 9.17) is 9.47 Å². The third-order valence-electron chi connectivity index (χ3n) is 3.30. The maximum atomic E-state index is 5.12. The minimum atomic E-state index is 0. The van der Waals surface area contributed by atoms with Crippen molar-refractivity contribution in [3.63, 3.8) is 0 Å². The van der Waals surface area contributed by atoms with Crippen LogP contribution in [0.5, 0.6) is 12.0 Å². The molecule has 1 aliphatic rings. The molecular formula is C13H25N7O2Zn. The summed E-state index contributed by atoms with van der Waals surface area (Å²) in [5.41, 5.74) is 0. The van der Waals surface area contributed by atoms with Crippen molar-refractivity contribution in [1.82, 2.24) is 30.9 Å². The molecule has 2 heterocycles. The van der Waals surface area contributed by atoms with E-state index in [-0.39, 0.29) is 31.5 Å². The Morgan fingerprint density at radius 2 is 1.17 bits per heavy atom. The second kappa shape index (κ2) is 11.4. The Bertz CT molecular complexity index is 418. The molecule has 1 saturated heterocycles. The molecule has 2 rings (SSSR count). The number of ether oxygens (including phenoxy) is 2. The summed E-state index contributed by atoms with van der Waals surface area (Å²) >= 11 is 0. The molecule has 1 aliphatic heterocycles. The van der Waals surface area contributed by atoms with E-state index in [0.29, 0.717) is 5.95 Å². The van der Waals surface area contributed by atoms with E-state index in [0.717, 1.165) is 52.4 Å². The number of rotatable bonds is 3. The molecule has 1 aromatic heterocycles. The summed E-state index contributed by atoms with van der Waals surface area (Å²) in [6.07, 6.45) is 0. The maximum absolute atomic E-state index is 5.12. The van der Waals surface area contributed by atoms with Crippen LogP contribution in [-0.2, 0) is 19.5 Å². The third kappa shape index (κ3) is 6.91. The van der Waals surface area contributed by atoms with E-state index >= 15 is 0 Å². The van der Waals surface area contributed by atoms with Gasteiger partial charge >= 0.3 is 12.0 Å². The summed E-state index contributed by atoms with van der Waals surface area (Å²) in [6, 6.07) is 0.524.